The molecular weight excluding hydrogens is 394 g/mol. The molecule has 6 heteroatoms. The number of aromatic nitrogens is 2. The van der Waals surface area contributed by atoms with Crippen molar-refractivity contribution < 1.29 is 0 Å². The SMILES string of the molecule is Cc1nn(C)c(CC(CCl)(CCl)c2cccc(Cl)c2)c1Br. The molecule has 0 radical (unpaired) electrons. The molecule has 1 aromatic heterocycles. The van der Waals surface area contributed by atoms with Crippen molar-refractivity contribution >= 4 is 50.7 Å². The summed E-state index contributed by atoms with van der Waals surface area (Å²) >= 11 is 22.3. The number of hydrogen-bond donors (Lipinski definition) is 0. The van der Waals surface area contributed by atoms with Crippen molar-refractivity contribution in [2.24, 2.45) is 7.05 Å². The topological polar surface area (TPSA) is 17.8 Å². The van der Waals surface area contributed by atoms with E-state index in [1.807, 2.05) is 42.9 Å². The van der Waals surface area contributed by atoms with Crippen LogP contribution in [0.25, 0.3) is 0 Å². The first-order valence-electron chi connectivity index (χ1n) is 6.49. The predicted octanol–water partition coefficient (Wildman–Crippen LogP) is 5.10. The van der Waals surface area contributed by atoms with E-state index < -0.39 is 0 Å². The monoisotopic (exact) mass is 408 g/mol. The normalized spacial score (nSPS) is 11.9. The summed E-state index contributed by atoms with van der Waals surface area (Å²) in [5.74, 6) is 0.820. The first-order chi connectivity index (χ1) is 9.93. The molecule has 2 aromatic rings. The third kappa shape index (κ3) is 3.42. The zero-order valence-electron chi connectivity index (χ0n) is 11.8. The highest BCUT2D eigenvalue weighted by atomic mass is 79.9. The van der Waals surface area contributed by atoms with Crippen molar-refractivity contribution in [2.75, 3.05) is 11.8 Å². The Balaban J connectivity index is 2.48. The summed E-state index contributed by atoms with van der Waals surface area (Å²) in [6.45, 7) is 1.97. The fourth-order valence-corrected chi connectivity index (χ4v) is 3.85. The van der Waals surface area contributed by atoms with Gasteiger partial charge in [-0.3, -0.25) is 4.68 Å². The van der Waals surface area contributed by atoms with Crippen LogP contribution in [0.4, 0.5) is 0 Å². The summed E-state index contributed by atoms with van der Waals surface area (Å²) in [4.78, 5) is 0. The molecule has 1 heterocycles. The van der Waals surface area contributed by atoms with Crippen LogP contribution < -0.4 is 0 Å². The Morgan fingerprint density at radius 1 is 1.29 bits per heavy atom. The second-order valence-corrected chi connectivity index (χ2v) is 6.97. The lowest BCUT2D eigenvalue weighted by Crippen LogP contribution is -2.34. The smallest absolute Gasteiger partial charge is 0.0738 e. The molecule has 0 aliphatic carbocycles. The van der Waals surface area contributed by atoms with Crippen LogP contribution in [-0.2, 0) is 18.9 Å². The maximum absolute atomic E-state index is 6.30. The lowest BCUT2D eigenvalue weighted by atomic mass is 9.80. The van der Waals surface area contributed by atoms with Crippen LogP contribution in [0, 0.1) is 6.92 Å². The van der Waals surface area contributed by atoms with Gasteiger partial charge in [-0.05, 0) is 40.5 Å². The Morgan fingerprint density at radius 3 is 2.43 bits per heavy atom. The van der Waals surface area contributed by atoms with Gasteiger partial charge in [-0.1, -0.05) is 23.7 Å². The molecule has 0 amide bonds. The molecule has 21 heavy (non-hydrogen) atoms. The molecule has 0 unspecified atom stereocenters. The minimum atomic E-state index is -0.378. The minimum Gasteiger partial charge on any atom is -0.271 e. The van der Waals surface area contributed by atoms with E-state index in [0.29, 0.717) is 23.2 Å². The maximum atomic E-state index is 6.30. The Hall–Kier alpha value is -0.220. The van der Waals surface area contributed by atoms with Gasteiger partial charge in [-0.15, -0.1) is 23.2 Å². The summed E-state index contributed by atoms with van der Waals surface area (Å²) in [7, 11) is 1.93. The Kier molecular flexibility index (Phi) is 5.64. The van der Waals surface area contributed by atoms with Gasteiger partial charge in [0.2, 0.25) is 0 Å². The average molecular weight is 411 g/mol. The molecule has 0 N–H and O–H groups in total. The molecule has 0 atom stereocenters. The molecule has 0 aliphatic heterocycles. The largest absolute Gasteiger partial charge is 0.271 e. The molecule has 0 saturated heterocycles. The second kappa shape index (κ2) is 6.91. The summed E-state index contributed by atoms with van der Waals surface area (Å²) in [5, 5.41) is 5.12. The average Bonchev–Trinajstić information content (AvgIpc) is 2.70. The zero-order chi connectivity index (χ0) is 15.6. The number of rotatable bonds is 5. The zero-order valence-corrected chi connectivity index (χ0v) is 15.7. The summed E-state index contributed by atoms with van der Waals surface area (Å²) < 4.78 is 2.88. The first-order valence-corrected chi connectivity index (χ1v) is 8.73. The minimum absolute atomic E-state index is 0.378. The standard InChI is InChI=1S/C15H16BrCl3N2/c1-10-14(16)13(21(2)20-10)7-15(8-17,9-18)11-4-3-5-12(19)6-11/h3-6H,7-9H2,1-2H3. The molecule has 0 bridgehead atoms. The Labute approximate surface area is 148 Å². The lowest BCUT2D eigenvalue weighted by Gasteiger charge is -2.30. The van der Waals surface area contributed by atoms with Gasteiger partial charge in [0.15, 0.2) is 0 Å². The van der Waals surface area contributed by atoms with E-state index in [2.05, 4.69) is 21.0 Å². The lowest BCUT2D eigenvalue weighted by molar-refractivity contribution is 0.510. The highest BCUT2D eigenvalue weighted by Crippen LogP contribution is 2.35. The third-order valence-electron chi connectivity index (χ3n) is 3.72. The maximum Gasteiger partial charge on any atom is 0.0738 e. The first kappa shape index (κ1) is 17.1. The van der Waals surface area contributed by atoms with Gasteiger partial charge in [0.05, 0.1) is 15.9 Å². The Bertz CT molecular complexity index is 636. The summed E-state index contributed by atoms with van der Waals surface area (Å²) in [6.07, 6.45) is 0.693. The molecule has 0 aliphatic rings. The molecule has 0 saturated carbocycles. The number of alkyl halides is 2. The van der Waals surface area contributed by atoms with E-state index in [1.54, 1.807) is 0 Å². The fourth-order valence-electron chi connectivity index (χ4n) is 2.40. The van der Waals surface area contributed by atoms with Gasteiger partial charge < -0.3 is 0 Å². The molecule has 2 rings (SSSR count). The number of aryl methyl sites for hydroxylation is 2. The number of nitrogens with zero attached hydrogens (tertiary/aromatic N) is 2. The number of halogens is 4. The quantitative estimate of drug-likeness (QED) is 0.627. The molecule has 0 spiro atoms. The highest BCUT2D eigenvalue weighted by Gasteiger charge is 2.33. The molecule has 114 valence electrons. The molecular formula is C15H16BrCl3N2. The molecule has 1 aromatic carbocycles. The van der Waals surface area contributed by atoms with Crippen LogP contribution in [-0.4, -0.2) is 21.5 Å². The van der Waals surface area contributed by atoms with E-state index in [0.717, 1.165) is 21.4 Å². The number of benzene rings is 1. The Morgan fingerprint density at radius 2 is 1.95 bits per heavy atom. The van der Waals surface area contributed by atoms with Gasteiger partial charge in [-0.2, -0.15) is 5.10 Å². The van der Waals surface area contributed by atoms with Crippen molar-refractivity contribution in [2.45, 2.75) is 18.8 Å². The van der Waals surface area contributed by atoms with Crippen LogP contribution in [0.2, 0.25) is 5.02 Å². The van der Waals surface area contributed by atoms with Crippen molar-refractivity contribution in [1.29, 1.82) is 0 Å². The highest BCUT2D eigenvalue weighted by molar-refractivity contribution is 9.10. The van der Waals surface area contributed by atoms with E-state index in [9.17, 15) is 0 Å². The molecule has 2 nitrogen and oxygen atoms in total. The third-order valence-corrected chi connectivity index (χ3v) is 6.01. The van der Waals surface area contributed by atoms with Crippen molar-refractivity contribution in [3.63, 3.8) is 0 Å². The van der Waals surface area contributed by atoms with Gasteiger partial charge >= 0.3 is 0 Å². The van der Waals surface area contributed by atoms with Gasteiger partial charge in [0.25, 0.3) is 0 Å². The van der Waals surface area contributed by atoms with E-state index in [-0.39, 0.29) is 5.41 Å². The van der Waals surface area contributed by atoms with Crippen LogP contribution in [0.1, 0.15) is 17.0 Å². The van der Waals surface area contributed by atoms with Gasteiger partial charge in [-0.25, -0.2) is 0 Å². The fraction of sp³-hybridized carbons (Fsp3) is 0.400. The van der Waals surface area contributed by atoms with Crippen molar-refractivity contribution in [1.82, 2.24) is 9.78 Å². The summed E-state index contributed by atoms with van der Waals surface area (Å²) in [5.41, 5.74) is 2.70. The van der Waals surface area contributed by atoms with Gasteiger partial charge in [0.1, 0.15) is 0 Å². The second-order valence-electron chi connectivity index (χ2n) is 5.20. The van der Waals surface area contributed by atoms with Crippen LogP contribution in [0.5, 0.6) is 0 Å². The van der Waals surface area contributed by atoms with Crippen molar-refractivity contribution in [3.05, 3.63) is 50.7 Å². The van der Waals surface area contributed by atoms with Crippen LogP contribution in [0.15, 0.2) is 28.7 Å². The predicted molar refractivity (Wildman–Crippen MR) is 93.9 cm³/mol. The van der Waals surface area contributed by atoms with Crippen LogP contribution in [0.3, 0.4) is 0 Å². The number of hydrogen-bond acceptors (Lipinski definition) is 1. The van der Waals surface area contributed by atoms with E-state index in [1.165, 1.54) is 0 Å². The van der Waals surface area contributed by atoms with E-state index >= 15 is 0 Å². The van der Waals surface area contributed by atoms with Crippen LogP contribution >= 0.6 is 50.7 Å². The summed E-state index contributed by atoms with van der Waals surface area (Å²) in [6, 6.07) is 7.73. The van der Waals surface area contributed by atoms with Gasteiger partial charge in [0, 0.05) is 35.7 Å². The van der Waals surface area contributed by atoms with E-state index in [4.69, 9.17) is 34.8 Å². The molecule has 0 fully saturated rings. The van der Waals surface area contributed by atoms with Crippen molar-refractivity contribution in [3.8, 4) is 0 Å².